The van der Waals surface area contributed by atoms with Crippen molar-refractivity contribution in [2.24, 2.45) is 0 Å². The molecule has 358 valence electrons. The first-order valence-electron chi connectivity index (χ1n) is 24.6. The van der Waals surface area contributed by atoms with E-state index in [0.29, 0.717) is 60.4 Å². The Bertz CT molecular complexity index is 2890. The number of nitrogens with zero attached hydrogens (tertiary/aromatic N) is 7. The molecule has 3 amide bonds. The molecule has 4 aromatic carbocycles. The van der Waals surface area contributed by atoms with E-state index in [4.69, 9.17) is 16.1 Å². The number of carbonyl (C=O) groups is 3. The van der Waals surface area contributed by atoms with Crippen LogP contribution >= 0.6 is 0 Å². The van der Waals surface area contributed by atoms with Crippen molar-refractivity contribution in [3.05, 3.63) is 82.9 Å². The first-order chi connectivity index (χ1) is 33.6. The van der Waals surface area contributed by atoms with Gasteiger partial charge >= 0.3 is 6.01 Å². The largest absolute Gasteiger partial charge is 0.508 e. The number of phenols is 1. The lowest BCUT2D eigenvalue weighted by Crippen LogP contribution is -2.52. The molecule has 14 nitrogen and oxygen atoms in total. The molecule has 11 rings (SSSR count). The number of imide groups is 1. The summed E-state index contributed by atoms with van der Waals surface area (Å²) >= 11 is 0. The molecule has 2 bridgehead atoms. The number of ether oxygens (including phenoxy) is 1. The molecule has 5 aromatic rings. The number of aromatic nitrogens is 2. The first kappa shape index (κ1) is 45.1. The second-order valence-electron chi connectivity index (χ2n) is 19.6. The van der Waals surface area contributed by atoms with E-state index in [2.05, 4.69) is 47.2 Å². The summed E-state index contributed by atoms with van der Waals surface area (Å²) in [6, 6.07) is 15.5. The van der Waals surface area contributed by atoms with Crippen LogP contribution in [-0.2, 0) is 16.1 Å². The Kier molecular flexibility index (Phi) is 12.3. The topological polar surface area (TPSA) is 147 Å². The number of amides is 3. The van der Waals surface area contributed by atoms with E-state index in [9.17, 15) is 19.5 Å². The molecule has 0 radical (unpaired) electrons. The zero-order valence-electron chi connectivity index (χ0n) is 38.7. The van der Waals surface area contributed by atoms with Crippen LogP contribution in [0.1, 0.15) is 79.3 Å². The second kappa shape index (κ2) is 18.8. The Morgan fingerprint density at radius 1 is 0.855 bits per heavy atom. The van der Waals surface area contributed by atoms with Crippen molar-refractivity contribution in [3.8, 4) is 35.2 Å². The number of unbranched alkanes of at least 4 members (excludes halogenated alkanes) is 2. The Morgan fingerprint density at radius 2 is 1.67 bits per heavy atom. The average molecular weight is 938 g/mol. The third kappa shape index (κ3) is 8.81. The summed E-state index contributed by atoms with van der Waals surface area (Å²) in [5.74, 6) is 0.460. The molecule has 0 saturated carbocycles. The number of phenolic OH excluding ortho intramolecular Hbond substituents is 1. The molecule has 69 heavy (non-hydrogen) atoms. The molecule has 3 N–H and O–H groups in total. The van der Waals surface area contributed by atoms with Gasteiger partial charge in [-0.15, -0.1) is 6.42 Å². The van der Waals surface area contributed by atoms with Crippen LogP contribution in [0.5, 0.6) is 11.8 Å². The maximum atomic E-state index is 17.2. The van der Waals surface area contributed by atoms with Crippen molar-refractivity contribution in [1.82, 2.24) is 35.3 Å². The second-order valence-corrected chi connectivity index (χ2v) is 19.6. The lowest BCUT2D eigenvalue weighted by Gasteiger charge is -2.36. The minimum atomic E-state index is -0.862. The average Bonchev–Trinajstić information content (AvgIpc) is 4.05. The number of benzene rings is 4. The monoisotopic (exact) mass is 937 g/mol. The van der Waals surface area contributed by atoms with E-state index in [-0.39, 0.29) is 70.2 Å². The normalized spacial score (nSPS) is 23.0. The first-order valence-corrected chi connectivity index (χ1v) is 24.6. The van der Waals surface area contributed by atoms with Crippen LogP contribution < -0.4 is 25.2 Å². The standard InChI is InChI=1S/C53H57F2N9O5/c1-2-32-8-6-9-33-25-39(65)26-41(46(32)33)47-43(54)27-42-49(48(47)55)58-53(59-50(42)63-29-35-11-12-36(30-63)56-35)69-31-38-10-7-19-61(38)18-5-3-4-17-60-20-22-62(23-21-60)37-13-14-40-34(24-37)28-64(52(40)68)44-15-16-45(66)57-51(44)67/h1,6,8-9,13-14,24-27,35-36,38,44,56,65H,3-5,7,10-12,15-23,28-31H2,(H,57,66,67)/t35?,36?,38-,44-/m0/s1. The molecular weight excluding hydrogens is 881 g/mol. The number of carbonyl (C=O) groups excluding carboxylic acids is 3. The molecular formula is C53H57F2N9O5. The summed E-state index contributed by atoms with van der Waals surface area (Å²) in [5, 5.41) is 18.0. The molecule has 0 aliphatic carbocycles. The summed E-state index contributed by atoms with van der Waals surface area (Å²) in [6.07, 6.45) is 13.8. The summed E-state index contributed by atoms with van der Waals surface area (Å²) in [5.41, 5.74) is 2.89. The number of piperazine rings is 2. The van der Waals surface area contributed by atoms with Crippen molar-refractivity contribution in [3.63, 3.8) is 0 Å². The highest BCUT2D eigenvalue weighted by atomic mass is 19.1. The van der Waals surface area contributed by atoms with Crippen LogP contribution in [0.3, 0.4) is 0 Å². The van der Waals surface area contributed by atoms with Crippen LogP contribution in [0.4, 0.5) is 20.3 Å². The van der Waals surface area contributed by atoms with Gasteiger partial charge in [0, 0.05) is 104 Å². The summed E-state index contributed by atoms with van der Waals surface area (Å²) in [6.45, 7) is 8.68. The maximum Gasteiger partial charge on any atom is 0.319 e. The quantitative estimate of drug-likeness (QED) is 0.0729. The van der Waals surface area contributed by atoms with Crippen molar-refractivity contribution in [2.45, 2.75) is 88.5 Å². The highest BCUT2D eigenvalue weighted by molar-refractivity contribution is 6.06. The highest BCUT2D eigenvalue weighted by Crippen LogP contribution is 2.42. The summed E-state index contributed by atoms with van der Waals surface area (Å²) in [7, 11) is 0. The molecule has 4 atom stereocenters. The number of nitrogens with one attached hydrogen (secondary N) is 2. The van der Waals surface area contributed by atoms with Gasteiger partial charge in [-0.2, -0.15) is 9.97 Å². The number of piperidine rings is 1. The zero-order chi connectivity index (χ0) is 47.3. The van der Waals surface area contributed by atoms with Crippen molar-refractivity contribution in [1.29, 1.82) is 0 Å². The number of hydrogen-bond donors (Lipinski definition) is 3. The molecule has 5 fully saturated rings. The van der Waals surface area contributed by atoms with Gasteiger partial charge in [0.05, 0.1) is 5.56 Å². The molecule has 16 heteroatoms. The van der Waals surface area contributed by atoms with Gasteiger partial charge < -0.3 is 29.9 Å². The van der Waals surface area contributed by atoms with E-state index in [1.54, 1.807) is 23.1 Å². The van der Waals surface area contributed by atoms with Gasteiger partial charge in [-0.25, -0.2) is 8.78 Å². The third-order valence-electron chi connectivity index (χ3n) is 15.3. The minimum absolute atomic E-state index is 0.0438. The number of halogens is 2. The van der Waals surface area contributed by atoms with Gasteiger partial charge in [0.15, 0.2) is 5.82 Å². The summed E-state index contributed by atoms with van der Waals surface area (Å²) < 4.78 is 40.0. The molecule has 7 heterocycles. The minimum Gasteiger partial charge on any atom is -0.508 e. The Labute approximate surface area is 400 Å². The van der Waals surface area contributed by atoms with Gasteiger partial charge in [-0.05, 0) is 118 Å². The van der Waals surface area contributed by atoms with Crippen molar-refractivity contribution in [2.75, 3.05) is 75.3 Å². The Hall–Kier alpha value is -6.41. The number of terminal acetylenes is 1. The number of anilines is 2. The fourth-order valence-corrected chi connectivity index (χ4v) is 11.8. The summed E-state index contributed by atoms with van der Waals surface area (Å²) in [4.78, 5) is 58.0. The van der Waals surface area contributed by atoms with E-state index in [1.165, 1.54) is 18.2 Å². The van der Waals surface area contributed by atoms with Gasteiger partial charge in [0.25, 0.3) is 5.91 Å². The zero-order valence-corrected chi connectivity index (χ0v) is 38.7. The van der Waals surface area contributed by atoms with E-state index < -0.39 is 23.6 Å². The lowest BCUT2D eigenvalue weighted by atomic mass is 9.93. The fourth-order valence-electron chi connectivity index (χ4n) is 11.8. The van der Waals surface area contributed by atoms with Crippen LogP contribution in [0.2, 0.25) is 0 Å². The van der Waals surface area contributed by atoms with Crippen LogP contribution in [0, 0.1) is 24.0 Å². The van der Waals surface area contributed by atoms with Crippen LogP contribution in [0.25, 0.3) is 32.8 Å². The predicted molar refractivity (Wildman–Crippen MR) is 259 cm³/mol. The van der Waals surface area contributed by atoms with Crippen molar-refractivity contribution >= 4 is 50.9 Å². The number of rotatable bonds is 13. The van der Waals surface area contributed by atoms with E-state index in [1.807, 2.05) is 12.1 Å². The SMILES string of the molecule is C#Cc1cccc2cc(O)cc(-c3c(F)cc4c(N5CC6CCC(C5)N6)nc(OC[C@@H]5CCCN5CCCCCN5CCN(c6ccc7c(c6)CN([C@H]6CCC(=O)NC6=O)C7=O)CC5)nc4c3F)c12. The van der Waals surface area contributed by atoms with E-state index >= 15 is 8.78 Å². The lowest BCUT2D eigenvalue weighted by molar-refractivity contribution is -0.136. The fraction of sp³-hybridized carbons (Fsp3) is 0.453. The van der Waals surface area contributed by atoms with Gasteiger partial charge in [-0.3, -0.25) is 29.5 Å². The van der Waals surface area contributed by atoms with Crippen molar-refractivity contribution < 1.29 is 33.0 Å². The molecule has 6 aliphatic heterocycles. The van der Waals surface area contributed by atoms with Gasteiger partial charge in [0.1, 0.15) is 35.6 Å². The third-order valence-corrected chi connectivity index (χ3v) is 15.3. The number of aromatic hydroxyl groups is 1. The van der Waals surface area contributed by atoms with Gasteiger partial charge in [0.2, 0.25) is 11.8 Å². The van der Waals surface area contributed by atoms with Gasteiger partial charge in [-0.1, -0.05) is 24.5 Å². The van der Waals surface area contributed by atoms with Crippen LogP contribution in [-0.4, -0.2) is 137 Å². The highest BCUT2D eigenvalue weighted by Gasteiger charge is 2.40. The number of likely N-dealkylation sites (tertiary alicyclic amines) is 1. The predicted octanol–water partition coefficient (Wildman–Crippen LogP) is 5.95. The number of fused-ring (bicyclic) bond motifs is 5. The number of hydrogen-bond acceptors (Lipinski definition) is 12. The molecule has 0 spiro atoms. The Balaban J connectivity index is 0.710. The molecule has 6 aliphatic rings. The Morgan fingerprint density at radius 3 is 2.46 bits per heavy atom. The molecule has 2 unspecified atom stereocenters. The van der Waals surface area contributed by atoms with Crippen LogP contribution in [0.15, 0.2) is 54.6 Å². The smallest absolute Gasteiger partial charge is 0.319 e. The molecule has 1 aromatic heterocycles. The van der Waals surface area contributed by atoms with E-state index in [0.717, 1.165) is 102 Å². The maximum absolute atomic E-state index is 17.2. The molecule has 5 saturated heterocycles.